The number of hydrogen-bond acceptors (Lipinski definition) is 4. The van der Waals surface area contributed by atoms with Gasteiger partial charge in [0.05, 0.1) is 17.6 Å². The Bertz CT molecular complexity index is 591. The zero-order valence-corrected chi connectivity index (χ0v) is 13.9. The molecule has 112 valence electrons. The van der Waals surface area contributed by atoms with E-state index < -0.39 is 10.0 Å². The summed E-state index contributed by atoms with van der Waals surface area (Å²) in [5.41, 5.74) is 6.45. The molecule has 20 heavy (non-hydrogen) atoms. The van der Waals surface area contributed by atoms with Crippen molar-refractivity contribution in [2.45, 2.75) is 37.4 Å². The largest absolute Gasteiger partial charge is 0.375 e. The van der Waals surface area contributed by atoms with Crippen LogP contribution < -0.4 is 5.73 Å². The smallest absolute Gasteiger partial charge is 0.244 e. The number of nitrogens with zero attached hydrogens (tertiary/aromatic N) is 1. The van der Waals surface area contributed by atoms with Crippen molar-refractivity contribution in [2.75, 3.05) is 13.2 Å². The number of nitrogens with two attached hydrogens (primary N) is 1. The molecule has 1 heterocycles. The first-order valence-electron chi connectivity index (χ1n) is 6.48. The maximum Gasteiger partial charge on any atom is 0.244 e. The first-order chi connectivity index (χ1) is 9.36. The number of benzene rings is 1. The van der Waals surface area contributed by atoms with E-state index in [0.29, 0.717) is 24.2 Å². The van der Waals surface area contributed by atoms with Crippen LogP contribution in [0, 0.1) is 0 Å². The van der Waals surface area contributed by atoms with E-state index in [0.717, 1.165) is 5.56 Å². The molecule has 1 saturated heterocycles. The van der Waals surface area contributed by atoms with Gasteiger partial charge in [0.25, 0.3) is 0 Å². The van der Waals surface area contributed by atoms with Crippen LogP contribution in [-0.2, 0) is 21.3 Å². The predicted molar refractivity (Wildman–Crippen MR) is 80.8 cm³/mol. The first-order valence-corrected chi connectivity index (χ1v) is 8.71. The van der Waals surface area contributed by atoms with Crippen LogP contribution in [0.2, 0.25) is 0 Å². The third kappa shape index (κ3) is 3.07. The van der Waals surface area contributed by atoms with Crippen LogP contribution in [0.15, 0.2) is 27.6 Å². The summed E-state index contributed by atoms with van der Waals surface area (Å²) in [5.74, 6) is 0. The molecular weight excluding hydrogens is 344 g/mol. The van der Waals surface area contributed by atoms with Gasteiger partial charge in [-0.1, -0.05) is 6.07 Å². The standard InChI is InChI=1S/C13H19BrN2O3S/c1-9-8-19-10(2)7-16(9)20(17,18)13-4-3-11(6-15)5-12(13)14/h3-5,9-10H,6-8,15H2,1-2H3. The van der Waals surface area contributed by atoms with Gasteiger partial charge in [0.15, 0.2) is 0 Å². The van der Waals surface area contributed by atoms with E-state index in [1.54, 1.807) is 18.2 Å². The van der Waals surface area contributed by atoms with E-state index in [2.05, 4.69) is 15.9 Å². The minimum absolute atomic E-state index is 0.0944. The minimum Gasteiger partial charge on any atom is -0.375 e. The van der Waals surface area contributed by atoms with Crippen LogP contribution in [0.3, 0.4) is 0 Å². The van der Waals surface area contributed by atoms with Crippen molar-refractivity contribution in [1.29, 1.82) is 0 Å². The third-order valence-corrected chi connectivity index (χ3v) is 6.33. The van der Waals surface area contributed by atoms with E-state index >= 15 is 0 Å². The van der Waals surface area contributed by atoms with Gasteiger partial charge in [-0.25, -0.2) is 8.42 Å². The van der Waals surface area contributed by atoms with Gasteiger partial charge in [-0.15, -0.1) is 0 Å². The molecule has 7 heteroatoms. The highest BCUT2D eigenvalue weighted by Crippen LogP contribution is 2.29. The third-order valence-electron chi connectivity index (χ3n) is 3.37. The lowest BCUT2D eigenvalue weighted by atomic mass is 10.2. The monoisotopic (exact) mass is 362 g/mol. The van der Waals surface area contributed by atoms with Crippen molar-refractivity contribution < 1.29 is 13.2 Å². The van der Waals surface area contributed by atoms with Gasteiger partial charge in [-0.05, 0) is 47.5 Å². The van der Waals surface area contributed by atoms with Crippen LogP contribution >= 0.6 is 15.9 Å². The Labute approximate surface area is 128 Å². The molecule has 0 amide bonds. The van der Waals surface area contributed by atoms with Gasteiger partial charge < -0.3 is 10.5 Å². The number of sulfonamides is 1. The summed E-state index contributed by atoms with van der Waals surface area (Å²) in [4.78, 5) is 0.274. The highest BCUT2D eigenvalue weighted by atomic mass is 79.9. The van der Waals surface area contributed by atoms with Crippen molar-refractivity contribution in [1.82, 2.24) is 4.31 Å². The predicted octanol–water partition coefficient (Wildman–Crippen LogP) is 1.71. The zero-order valence-electron chi connectivity index (χ0n) is 11.5. The van der Waals surface area contributed by atoms with Gasteiger partial charge in [0.2, 0.25) is 10.0 Å². The van der Waals surface area contributed by atoms with Crippen molar-refractivity contribution in [2.24, 2.45) is 5.73 Å². The Hall–Kier alpha value is -0.470. The fourth-order valence-electron chi connectivity index (χ4n) is 2.21. The maximum absolute atomic E-state index is 12.8. The summed E-state index contributed by atoms with van der Waals surface area (Å²) >= 11 is 3.33. The minimum atomic E-state index is -3.53. The molecule has 2 unspecified atom stereocenters. The van der Waals surface area contributed by atoms with Crippen molar-refractivity contribution in [3.63, 3.8) is 0 Å². The van der Waals surface area contributed by atoms with Gasteiger partial charge >= 0.3 is 0 Å². The molecule has 1 aliphatic heterocycles. The normalized spacial score (nSPS) is 24.8. The molecule has 1 aromatic carbocycles. The summed E-state index contributed by atoms with van der Waals surface area (Å²) in [6.07, 6.45) is -0.0944. The molecule has 1 aliphatic rings. The van der Waals surface area contributed by atoms with Crippen LogP contribution in [0.5, 0.6) is 0 Å². The molecule has 5 nitrogen and oxygen atoms in total. The maximum atomic E-state index is 12.8. The van der Waals surface area contributed by atoms with Crippen LogP contribution in [0.4, 0.5) is 0 Å². The highest BCUT2D eigenvalue weighted by Gasteiger charge is 2.35. The van der Waals surface area contributed by atoms with E-state index in [9.17, 15) is 8.42 Å². The number of morpholine rings is 1. The molecule has 2 rings (SSSR count). The summed E-state index contributed by atoms with van der Waals surface area (Å²) in [7, 11) is -3.53. The molecular formula is C13H19BrN2O3S. The Balaban J connectivity index is 2.39. The van der Waals surface area contributed by atoms with Crippen molar-refractivity contribution >= 4 is 26.0 Å². The summed E-state index contributed by atoms with van der Waals surface area (Å²) in [6.45, 7) is 4.89. The van der Waals surface area contributed by atoms with Gasteiger partial charge in [-0.3, -0.25) is 0 Å². The quantitative estimate of drug-likeness (QED) is 0.887. The molecule has 1 aromatic rings. The molecule has 2 N–H and O–H groups in total. The first kappa shape index (κ1) is 15.9. The molecule has 2 atom stereocenters. The Kier molecular flexibility index (Phi) is 4.86. The molecule has 1 fully saturated rings. The average molecular weight is 363 g/mol. The van der Waals surface area contributed by atoms with Crippen molar-refractivity contribution in [3.8, 4) is 0 Å². The summed E-state index contributed by atoms with van der Waals surface area (Å²) < 4.78 is 33.1. The van der Waals surface area contributed by atoms with Crippen LogP contribution in [0.25, 0.3) is 0 Å². The lowest BCUT2D eigenvalue weighted by Crippen LogP contribution is -2.50. The van der Waals surface area contributed by atoms with Crippen LogP contribution in [-0.4, -0.2) is 38.0 Å². The van der Waals surface area contributed by atoms with Crippen molar-refractivity contribution in [3.05, 3.63) is 28.2 Å². The summed E-state index contributed by atoms with van der Waals surface area (Å²) in [6, 6.07) is 4.93. The van der Waals surface area contributed by atoms with E-state index in [1.807, 2.05) is 13.8 Å². The van der Waals surface area contributed by atoms with E-state index in [-0.39, 0.29) is 17.0 Å². The number of halogens is 1. The Morgan fingerprint density at radius 2 is 2.15 bits per heavy atom. The van der Waals surface area contributed by atoms with E-state index in [1.165, 1.54) is 4.31 Å². The Morgan fingerprint density at radius 3 is 2.75 bits per heavy atom. The lowest BCUT2D eigenvalue weighted by molar-refractivity contribution is -0.0170. The number of ether oxygens (including phenoxy) is 1. The SMILES string of the molecule is CC1CN(S(=O)(=O)c2ccc(CN)cc2Br)C(C)CO1. The fraction of sp³-hybridized carbons (Fsp3) is 0.538. The Morgan fingerprint density at radius 1 is 1.45 bits per heavy atom. The second-order valence-electron chi connectivity index (χ2n) is 5.04. The molecule has 0 aliphatic carbocycles. The zero-order chi connectivity index (χ0) is 14.9. The molecule has 0 saturated carbocycles. The second kappa shape index (κ2) is 6.11. The van der Waals surface area contributed by atoms with Gasteiger partial charge in [-0.2, -0.15) is 4.31 Å². The van der Waals surface area contributed by atoms with E-state index in [4.69, 9.17) is 10.5 Å². The average Bonchev–Trinajstić information content (AvgIpc) is 2.40. The van der Waals surface area contributed by atoms with Gasteiger partial charge in [0, 0.05) is 23.6 Å². The molecule has 0 aromatic heterocycles. The summed E-state index contributed by atoms with van der Waals surface area (Å²) in [5, 5.41) is 0. The van der Waals surface area contributed by atoms with Crippen LogP contribution in [0.1, 0.15) is 19.4 Å². The fourth-order valence-corrected chi connectivity index (χ4v) is 4.99. The molecule has 0 radical (unpaired) electrons. The number of rotatable bonds is 3. The number of hydrogen-bond donors (Lipinski definition) is 1. The topological polar surface area (TPSA) is 72.6 Å². The molecule has 0 bridgehead atoms. The second-order valence-corrected chi connectivity index (χ2v) is 7.75. The molecule has 0 spiro atoms. The van der Waals surface area contributed by atoms with Gasteiger partial charge in [0.1, 0.15) is 0 Å². The highest BCUT2D eigenvalue weighted by molar-refractivity contribution is 9.10. The lowest BCUT2D eigenvalue weighted by Gasteiger charge is -2.35.